The largest absolute Gasteiger partial charge is 0.508 e. The van der Waals surface area contributed by atoms with E-state index in [9.17, 15) is 14.7 Å². The second-order valence-electron chi connectivity index (χ2n) is 4.06. The number of fused-ring (bicyclic) bond motifs is 1. The van der Waals surface area contributed by atoms with Gasteiger partial charge >= 0.3 is 0 Å². The summed E-state index contributed by atoms with van der Waals surface area (Å²) in [5, 5.41) is 11.7. The molecule has 0 aromatic heterocycles. The van der Waals surface area contributed by atoms with Crippen LogP contribution in [-0.2, 0) is 0 Å². The number of phenolic OH excluding ortho intramolecular Hbond substituents is 1. The number of nitrogens with one attached hydrogen (secondary N) is 1. The Morgan fingerprint density at radius 3 is 2.39 bits per heavy atom. The molecule has 3 rings (SSSR count). The first-order valence-corrected chi connectivity index (χ1v) is 5.45. The predicted molar refractivity (Wildman–Crippen MR) is 65.3 cm³/mol. The molecule has 4 heteroatoms. The molecular weight excluding hydrogens is 230 g/mol. The normalized spacial score (nSPS) is 13.3. The third-order valence-corrected chi connectivity index (χ3v) is 2.92. The zero-order valence-electron chi connectivity index (χ0n) is 9.31. The highest BCUT2D eigenvalue weighted by atomic mass is 16.3. The maximum Gasteiger partial charge on any atom is 0.259 e. The van der Waals surface area contributed by atoms with E-state index in [0.717, 1.165) is 0 Å². The molecule has 1 aliphatic heterocycles. The lowest BCUT2D eigenvalue weighted by Gasteiger charge is -2.06. The standard InChI is InChI=1S/C14H9NO3/c16-9-4-1-3-8(7-9)10-5-2-6-11-12(10)14(18)15-13(11)17/h1-7,16H,(H,15,17,18). The molecule has 0 saturated carbocycles. The summed E-state index contributed by atoms with van der Waals surface area (Å²) >= 11 is 0. The Bertz CT molecular complexity index is 676. The molecule has 0 atom stereocenters. The molecule has 18 heavy (non-hydrogen) atoms. The highest BCUT2D eigenvalue weighted by Gasteiger charge is 2.29. The summed E-state index contributed by atoms with van der Waals surface area (Å²) in [5.41, 5.74) is 2.09. The Hall–Kier alpha value is -2.62. The summed E-state index contributed by atoms with van der Waals surface area (Å²) in [7, 11) is 0. The van der Waals surface area contributed by atoms with Crippen molar-refractivity contribution in [2.75, 3.05) is 0 Å². The van der Waals surface area contributed by atoms with E-state index in [1.807, 2.05) is 0 Å². The first-order chi connectivity index (χ1) is 8.66. The minimum atomic E-state index is -0.394. The summed E-state index contributed by atoms with van der Waals surface area (Å²) in [6, 6.07) is 11.7. The molecular formula is C14H9NO3. The van der Waals surface area contributed by atoms with Gasteiger partial charge in [-0.3, -0.25) is 14.9 Å². The minimum absolute atomic E-state index is 0.120. The number of carbonyl (C=O) groups is 2. The van der Waals surface area contributed by atoms with Gasteiger partial charge in [-0.1, -0.05) is 24.3 Å². The monoisotopic (exact) mass is 239 g/mol. The molecule has 4 nitrogen and oxygen atoms in total. The van der Waals surface area contributed by atoms with Crippen LogP contribution < -0.4 is 5.32 Å². The van der Waals surface area contributed by atoms with Crippen molar-refractivity contribution in [2.24, 2.45) is 0 Å². The fourth-order valence-corrected chi connectivity index (χ4v) is 2.13. The smallest absolute Gasteiger partial charge is 0.259 e. The van der Waals surface area contributed by atoms with Crippen molar-refractivity contribution in [1.29, 1.82) is 0 Å². The molecule has 0 aliphatic carbocycles. The summed E-state index contributed by atoms with van der Waals surface area (Å²) < 4.78 is 0. The van der Waals surface area contributed by atoms with E-state index in [-0.39, 0.29) is 11.7 Å². The van der Waals surface area contributed by atoms with Crippen molar-refractivity contribution in [3.8, 4) is 16.9 Å². The Balaban J connectivity index is 2.26. The van der Waals surface area contributed by atoms with Crippen LogP contribution in [0.2, 0.25) is 0 Å². The minimum Gasteiger partial charge on any atom is -0.508 e. The second-order valence-corrected chi connectivity index (χ2v) is 4.06. The summed E-state index contributed by atoms with van der Waals surface area (Å²) in [4.78, 5) is 23.3. The van der Waals surface area contributed by atoms with Crippen LogP contribution in [0, 0.1) is 0 Å². The van der Waals surface area contributed by atoms with Crippen LogP contribution in [0.4, 0.5) is 0 Å². The van der Waals surface area contributed by atoms with Crippen molar-refractivity contribution in [1.82, 2.24) is 5.32 Å². The topological polar surface area (TPSA) is 66.4 Å². The Morgan fingerprint density at radius 2 is 1.61 bits per heavy atom. The summed E-state index contributed by atoms with van der Waals surface area (Å²) in [5.74, 6) is -0.652. The molecule has 0 radical (unpaired) electrons. The van der Waals surface area contributed by atoms with Gasteiger partial charge in [0.2, 0.25) is 0 Å². The van der Waals surface area contributed by atoms with Gasteiger partial charge in [0.15, 0.2) is 0 Å². The van der Waals surface area contributed by atoms with Crippen LogP contribution in [0.25, 0.3) is 11.1 Å². The predicted octanol–water partition coefficient (Wildman–Crippen LogP) is 1.94. The fourth-order valence-electron chi connectivity index (χ4n) is 2.13. The number of imide groups is 1. The SMILES string of the molecule is O=C1NC(=O)c2c1cccc2-c1cccc(O)c1. The van der Waals surface area contributed by atoms with Gasteiger partial charge in [-0.05, 0) is 29.3 Å². The van der Waals surface area contributed by atoms with Crippen LogP contribution in [0.3, 0.4) is 0 Å². The highest BCUT2D eigenvalue weighted by molar-refractivity contribution is 6.24. The Morgan fingerprint density at radius 1 is 0.889 bits per heavy atom. The maximum absolute atomic E-state index is 11.8. The number of amides is 2. The van der Waals surface area contributed by atoms with Gasteiger partial charge < -0.3 is 5.11 Å². The molecule has 2 aromatic carbocycles. The van der Waals surface area contributed by atoms with E-state index >= 15 is 0 Å². The van der Waals surface area contributed by atoms with E-state index in [4.69, 9.17) is 0 Å². The third-order valence-electron chi connectivity index (χ3n) is 2.92. The summed E-state index contributed by atoms with van der Waals surface area (Å²) in [6.07, 6.45) is 0. The Labute approximate surface area is 103 Å². The lowest BCUT2D eigenvalue weighted by molar-refractivity contribution is 0.0880. The van der Waals surface area contributed by atoms with E-state index in [1.165, 1.54) is 0 Å². The van der Waals surface area contributed by atoms with Gasteiger partial charge in [0.25, 0.3) is 11.8 Å². The number of phenols is 1. The third kappa shape index (κ3) is 1.47. The first kappa shape index (κ1) is 10.5. The molecule has 1 aliphatic rings. The van der Waals surface area contributed by atoms with Crippen molar-refractivity contribution < 1.29 is 14.7 Å². The molecule has 0 saturated heterocycles. The molecule has 0 fully saturated rings. The van der Waals surface area contributed by atoms with Crippen LogP contribution in [0.1, 0.15) is 20.7 Å². The molecule has 2 N–H and O–H groups in total. The van der Waals surface area contributed by atoms with Gasteiger partial charge in [0.1, 0.15) is 5.75 Å². The average Bonchev–Trinajstić information content (AvgIpc) is 2.65. The lowest BCUT2D eigenvalue weighted by Crippen LogP contribution is -2.20. The number of hydrogen-bond donors (Lipinski definition) is 2. The van der Waals surface area contributed by atoms with E-state index in [0.29, 0.717) is 22.3 Å². The molecule has 2 aromatic rings. The summed E-state index contributed by atoms with van der Waals surface area (Å²) in [6.45, 7) is 0. The van der Waals surface area contributed by atoms with Gasteiger partial charge in [0, 0.05) is 0 Å². The first-order valence-electron chi connectivity index (χ1n) is 5.45. The van der Waals surface area contributed by atoms with Crippen LogP contribution in [0.15, 0.2) is 42.5 Å². The van der Waals surface area contributed by atoms with Gasteiger partial charge in [-0.15, -0.1) is 0 Å². The zero-order chi connectivity index (χ0) is 12.7. The van der Waals surface area contributed by atoms with E-state index in [2.05, 4.69) is 5.32 Å². The van der Waals surface area contributed by atoms with Crippen molar-refractivity contribution in [3.05, 3.63) is 53.6 Å². The number of carbonyl (C=O) groups excluding carboxylic acids is 2. The molecule has 0 spiro atoms. The van der Waals surface area contributed by atoms with Gasteiger partial charge in [-0.2, -0.15) is 0 Å². The molecule has 1 heterocycles. The molecule has 0 bridgehead atoms. The van der Waals surface area contributed by atoms with Crippen molar-refractivity contribution >= 4 is 11.8 Å². The quantitative estimate of drug-likeness (QED) is 0.747. The highest BCUT2D eigenvalue weighted by Crippen LogP contribution is 2.30. The number of rotatable bonds is 1. The molecule has 2 amide bonds. The lowest BCUT2D eigenvalue weighted by atomic mass is 9.96. The number of aromatic hydroxyl groups is 1. The van der Waals surface area contributed by atoms with Crippen LogP contribution >= 0.6 is 0 Å². The van der Waals surface area contributed by atoms with Crippen molar-refractivity contribution in [3.63, 3.8) is 0 Å². The fraction of sp³-hybridized carbons (Fsp3) is 0. The molecule has 88 valence electrons. The Kier molecular flexibility index (Phi) is 2.16. The number of hydrogen-bond acceptors (Lipinski definition) is 3. The van der Waals surface area contributed by atoms with Crippen LogP contribution in [-0.4, -0.2) is 16.9 Å². The second kappa shape index (κ2) is 3.70. The zero-order valence-corrected chi connectivity index (χ0v) is 9.31. The average molecular weight is 239 g/mol. The van der Waals surface area contributed by atoms with E-state index < -0.39 is 5.91 Å². The number of benzene rings is 2. The van der Waals surface area contributed by atoms with Gasteiger partial charge in [0.05, 0.1) is 11.1 Å². The van der Waals surface area contributed by atoms with Gasteiger partial charge in [-0.25, -0.2) is 0 Å². The molecule has 0 unspecified atom stereocenters. The van der Waals surface area contributed by atoms with E-state index in [1.54, 1.807) is 42.5 Å². The van der Waals surface area contributed by atoms with Crippen molar-refractivity contribution in [2.45, 2.75) is 0 Å². The maximum atomic E-state index is 11.8. The van der Waals surface area contributed by atoms with Crippen LogP contribution in [0.5, 0.6) is 5.75 Å².